The molecule has 0 aromatic heterocycles. The Bertz CT molecular complexity index is 169. The van der Waals surface area contributed by atoms with E-state index in [0.717, 1.165) is 17.9 Å². The van der Waals surface area contributed by atoms with Crippen LogP contribution in [0.2, 0.25) is 0 Å². The lowest BCUT2D eigenvalue weighted by Gasteiger charge is -1.92. The average Bonchev–Trinajstić information content (AvgIpc) is 2.56. The molecule has 0 aromatic carbocycles. The second-order valence-electron chi connectivity index (χ2n) is 2.04. The molecule has 0 unspecified atom stereocenters. The van der Waals surface area contributed by atoms with E-state index in [2.05, 4.69) is 6.92 Å². The maximum absolute atomic E-state index is 5.17. The summed E-state index contributed by atoms with van der Waals surface area (Å²) in [4.78, 5) is 0. The van der Waals surface area contributed by atoms with Gasteiger partial charge in [-0.25, -0.2) is 0 Å². The van der Waals surface area contributed by atoms with Crippen LogP contribution in [0.1, 0.15) is 34.1 Å². The SMILES string of the molecule is C/C=C1/OCO/C1=C/CC.CC. The maximum atomic E-state index is 5.17. The van der Waals surface area contributed by atoms with Crippen LogP contribution >= 0.6 is 0 Å². The van der Waals surface area contributed by atoms with Crippen molar-refractivity contribution in [2.24, 2.45) is 0 Å². The third kappa shape index (κ3) is 2.99. The van der Waals surface area contributed by atoms with Crippen molar-refractivity contribution in [2.75, 3.05) is 6.79 Å². The summed E-state index contributed by atoms with van der Waals surface area (Å²) in [6, 6.07) is 0. The van der Waals surface area contributed by atoms with Crippen molar-refractivity contribution >= 4 is 0 Å². The van der Waals surface area contributed by atoms with Gasteiger partial charge in [-0.2, -0.15) is 0 Å². The van der Waals surface area contributed by atoms with Gasteiger partial charge in [-0.3, -0.25) is 0 Å². The van der Waals surface area contributed by atoms with Crippen LogP contribution in [0.4, 0.5) is 0 Å². The third-order valence-corrected chi connectivity index (χ3v) is 1.32. The van der Waals surface area contributed by atoms with Crippen LogP contribution in [0.15, 0.2) is 23.7 Å². The molecule has 0 atom stereocenters. The highest BCUT2D eigenvalue weighted by Gasteiger charge is 2.13. The van der Waals surface area contributed by atoms with Gasteiger partial charge in [0.1, 0.15) is 0 Å². The second-order valence-corrected chi connectivity index (χ2v) is 2.04. The number of rotatable bonds is 1. The van der Waals surface area contributed by atoms with E-state index in [4.69, 9.17) is 9.47 Å². The molecule has 1 saturated heterocycles. The molecule has 1 aliphatic heterocycles. The van der Waals surface area contributed by atoms with Gasteiger partial charge in [0, 0.05) is 0 Å². The van der Waals surface area contributed by atoms with Crippen LogP contribution in [0.3, 0.4) is 0 Å². The molecular weight excluding hydrogens is 152 g/mol. The van der Waals surface area contributed by atoms with Gasteiger partial charge in [0.25, 0.3) is 0 Å². The van der Waals surface area contributed by atoms with E-state index in [0.29, 0.717) is 6.79 Å². The van der Waals surface area contributed by atoms with E-state index >= 15 is 0 Å². The third-order valence-electron chi connectivity index (χ3n) is 1.32. The van der Waals surface area contributed by atoms with Crippen LogP contribution in [-0.2, 0) is 9.47 Å². The molecule has 70 valence electrons. The molecule has 0 saturated carbocycles. The Morgan fingerprint density at radius 1 is 1.25 bits per heavy atom. The quantitative estimate of drug-likeness (QED) is 0.601. The normalized spacial score (nSPS) is 21.3. The molecule has 0 aromatic rings. The molecule has 0 radical (unpaired) electrons. The van der Waals surface area contributed by atoms with E-state index in [9.17, 15) is 0 Å². The van der Waals surface area contributed by atoms with Crippen LogP contribution in [-0.4, -0.2) is 6.79 Å². The maximum Gasteiger partial charge on any atom is 0.231 e. The zero-order valence-corrected chi connectivity index (χ0v) is 8.39. The summed E-state index contributed by atoms with van der Waals surface area (Å²) in [5.41, 5.74) is 0. The summed E-state index contributed by atoms with van der Waals surface area (Å²) in [6.45, 7) is 8.38. The summed E-state index contributed by atoms with van der Waals surface area (Å²) in [5, 5.41) is 0. The Hall–Kier alpha value is -0.920. The second kappa shape index (κ2) is 6.77. The molecular formula is C10H18O2. The zero-order valence-electron chi connectivity index (χ0n) is 8.39. The fourth-order valence-corrected chi connectivity index (χ4v) is 0.869. The molecule has 2 nitrogen and oxygen atoms in total. The number of hydrogen-bond donors (Lipinski definition) is 0. The molecule has 0 N–H and O–H groups in total. The Kier molecular flexibility index (Phi) is 6.25. The summed E-state index contributed by atoms with van der Waals surface area (Å²) >= 11 is 0. The molecule has 0 aliphatic carbocycles. The van der Waals surface area contributed by atoms with Gasteiger partial charge in [0.05, 0.1) is 0 Å². The van der Waals surface area contributed by atoms with Crippen molar-refractivity contribution < 1.29 is 9.47 Å². The smallest absolute Gasteiger partial charge is 0.231 e. The van der Waals surface area contributed by atoms with Gasteiger partial charge in [-0.15, -0.1) is 0 Å². The van der Waals surface area contributed by atoms with Crippen LogP contribution in [0, 0.1) is 0 Å². The molecule has 0 amide bonds. The first-order valence-electron chi connectivity index (χ1n) is 4.51. The Morgan fingerprint density at radius 2 is 1.83 bits per heavy atom. The highest BCUT2D eigenvalue weighted by molar-refractivity contribution is 5.21. The summed E-state index contributed by atoms with van der Waals surface area (Å²) in [7, 11) is 0. The number of hydrogen-bond acceptors (Lipinski definition) is 2. The molecule has 1 heterocycles. The van der Waals surface area contributed by atoms with Crippen molar-refractivity contribution in [1.82, 2.24) is 0 Å². The molecule has 1 rings (SSSR count). The van der Waals surface area contributed by atoms with Gasteiger partial charge in [-0.1, -0.05) is 20.8 Å². The minimum atomic E-state index is 0.367. The predicted octanol–water partition coefficient (Wildman–Crippen LogP) is 3.21. The number of allylic oxidation sites excluding steroid dienone is 2. The van der Waals surface area contributed by atoms with Gasteiger partial charge in [0.15, 0.2) is 11.5 Å². The minimum absolute atomic E-state index is 0.367. The van der Waals surface area contributed by atoms with Crippen LogP contribution in [0.25, 0.3) is 0 Å². The largest absolute Gasteiger partial charge is 0.454 e. The van der Waals surface area contributed by atoms with Gasteiger partial charge >= 0.3 is 0 Å². The molecule has 2 heteroatoms. The first-order chi connectivity index (χ1) is 5.88. The monoisotopic (exact) mass is 170 g/mol. The van der Waals surface area contributed by atoms with E-state index < -0.39 is 0 Å². The van der Waals surface area contributed by atoms with Gasteiger partial charge in [0.2, 0.25) is 6.79 Å². The Labute approximate surface area is 74.9 Å². The standard InChI is InChI=1S/C8H12O2.C2H6/c1-3-5-8-7(4-2)9-6-10-8;1-2/h4-5H,3,6H2,1-2H3;1-2H3/b7-4+,8-5+;. The minimum Gasteiger partial charge on any atom is -0.454 e. The average molecular weight is 170 g/mol. The van der Waals surface area contributed by atoms with Crippen molar-refractivity contribution in [3.05, 3.63) is 23.7 Å². The van der Waals surface area contributed by atoms with E-state index in [1.54, 1.807) is 0 Å². The van der Waals surface area contributed by atoms with Crippen LogP contribution in [0.5, 0.6) is 0 Å². The van der Waals surface area contributed by atoms with E-state index in [1.165, 1.54) is 0 Å². The summed E-state index contributed by atoms with van der Waals surface area (Å²) in [5.74, 6) is 1.74. The summed E-state index contributed by atoms with van der Waals surface area (Å²) in [6.07, 6.45) is 4.91. The van der Waals surface area contributed by atoms with Crippen molar-refractivity contribution in [3.63, 3.8) is 0 Å². The lowest BCUT2D eigenvalue weighted by molar-refractivity contribution is 0.0974. The van der Waals surface area contributed by atoms with E-state index in [-0.39, 0.29) is 0 Å². The molecule has 12 heavy (non-hydrogen) atoms. The van der Waals surface area contributed by atoms with Crippen LogP contribution < -0.4 is 0 Å². The van der Waals surface area contributed by atoms with Crippen molar-refractivity contribution in [1.29, 1.82) is 0 Å². The lowest BCUT2D eigenvalue weighted by Crippen LogP contribution is -1.80. The van der Waals surface area contributed by atoms with E-state index in [1.807, 2.05) is 32.9 Å². The first kappa shape index (κ1) is 11.1. The lowest BCUT2D eigenvalue weighted by atomic mass is 10.3. The topological polar surface area (TPSA) is 18.5 Å². The van der Waals surface area contributed by atoms with Crippen molar-refractivity contribution in [2.45, 2.75) is 34.1 Å². The molecule has 1 aliphatic rings. The molecule has 0 bridgehead atoms. The van der Waals surface area contributed by atoms with Crippen molar-refractivity contribution in [3.8, 4) is 0 Å². The van der Waals surface area contributed by atoms with Gasteiger partial charge in [-0.05, 0) is 25.5 Å². The first-order valence-corrected chi connectivity index (χ1v) is 4.51. The number of ether oxygens (including phenoxy) is 2. The van der Waals surface area contributed by atoms with Gasteiger partial charge < -0.3 is 9.47 Å². The Morgan fingerprint density at radius 3 is 2.33 bits per heavy atom. The highest BCUT2D eigenvalue weighted by Crippen LogP contribution is 2.20. The molecule has 0 spiro atoms. The Balaban J connectivity index is 0.000000561. The zero-order chi connectivity index (χ0) is 9.40. The fraction of sp³-hybridized carbons (Fsp3) is 0.600. The highest BCUT2D eigenvalue weighted by atomic mass is 16.7. The fourth-order valence-electron chi connectivity index (χ4n) is 0.869. The predicted molar refractivity (Wildman–Crippen MR) is 50.5 cm³/mol. The molecule has 1 fully saturated rings. The summed E-state index contributed by atoms with van der Waals surface area (Å²) < 4.78 is 10.3.